The molecule has 8 nitrogen and oxygen atoms in total. The van der Waals surface area contributed by atoms with Gasteiger partial charge in [-0.25, -0.2) is 9.78 Å². The second-order valence-corrected chi connectivity index (χ2v) is 14.4. The van der Waals surface area contributed by atoms with E-state index in [1.807, 2.05) is 32.9 Å². The summed E-state index contributed by atoms with van der Waals surface area (Å²) in [6, 6.07) is 15.5. The molecular formula is C37H35BrF2N4O4. The standard InChI is InChI=1S/C37H35BrF2N4O4/c1-20(2)31(42-35(47)48-4)34(46)43-19-36(13-14-36)17-29(43)32-41-18-30(44(32)33(45)24-8-6-5-7-21(24)3)22-9-11-25-26-12-10-23(38)16-28(26)37(39,40)27(25)15-22/h5-12,15-16,18,20,29,31H,13-14,17,19H2,1-4H3,(H,42,47)/t29?,31-/m0/s1. The molecule has 0 radical (unpaired) electrons. The second-order valence-electron chi connectivity index (χ2n) is 13.5. The van der Waals surface area contributed by atoms with Crippen molar-refractivity contribution in [3.8, 4) is 22.4 Å². The summed E-state index contributed by atoms with van der Waals surface area (Å²) in [6.07, 6.45) is 3.28. The smallest absolute Gasteiger partial charge is 0.407 e. The van der Waals surface area contributed by atoms with Crippen LogP contribution >= 0.6 is 15.9 Å². The Hall–Kier alpha value is -4.38. The van der Waals surface area contributed by atoms with E-state index in [9.17, 15) is 14.4 Å². The van der Waals surface area contributed by atoms with Crippen LogP contribution in [0.4, 0.5) is 13.6 Å². The Kier molecular flexibility index (Phi) is 7.81. The van der Waals surface area contributed by atoms with Gasteiger partial charge in [0.05, 0.1) is 25.0 Å². The first-order valence-corrected chi connectivity index (χ1v) is 16.8. The summed E-state index contributed by atoms with van der Waals surface area (Å²) >= 11 is 3.32. The lowest BCUT2D eigenvalue weighted by Crippen LogP contribution is -2.51. The number of fused-ring (bicyclic) bond motifs is 3. The lowest BCUT2D eigenvalue weighted by atomic mass is 10.0. The number of amides is 2. The maximum absolute atomic E-state index is 15.9. The van der Waals surface area contributed by atoms with Gasteiger partial charge in [0.25, 0.3) is 11.8 Å². The third-order valence-electron chi connectivity index (χ3n) is 10.1. The summed E-state index contributed by atoms with van der Waals surface area (Å²) in [5, 5.41) is 2.69. The zero-order chi connectivity index (χ0) is 34.1. The molecule has 1 N–H and O–H groups in total. The highest BCUT2D eigenvalue weighted by molar-refractivity contribution is 9.10. The van der Waals surface area contributed by atoms with Gasteiger partial charge in [0.1, 0.15) is 11.9 Å². The van der Waals surface area contributed by atoms with E-state index in [0.29, 0.717) is 51.2 Å². The number of methoxy groups -OCH3 is 1. The number of carbonyl (C=O) groups excluding carboxylic acids is 3. The van der Waals surface area contributed by atoms with Gasteiger partial charge >= 0.3 is 6.09 Å². The molecule has 248 valence electrons. The van der Waals surface area contributed by atoms with Crippen molar-refractivity contribution in [2.24, 2.45) is 11.3 Å². The van der Waals surface area contributed by atoms with Crippen LogP contribution in [0.3, 0.4) is 0 Å². The van der Waals surface area contributed by atoms with Crippen molar-refractivity contribution >= 4 is 33.8 Å². The average molecular weight is 718 g/mol. The van der Waals surface area contributed by atoms with Crippen LogP contribution < -0.4 is 5.32 Å². The van der Waals surface area contributed by atoms with Crippen molar-refractivity contribution in [2.45, 2.75) is 58.0 Å². The third kappa shape index (κ3) is 5.23. The SMILES string of the molecule is COC(=O)N[C@H](C(=O)N1CC2(CC2)CC1c1ncc(-c2ccc3c(c2)C(F)(F)c2cc(Br)ccc2-3)n1C(=O)c1ccccc1C)C(C)C. The summed E-state index contributed by atoms with van der Waals surface area (Å²) in [6.45, 7) is 5.99. The van der Waals surface area contributed by atoms with Crippen LogP contribution in [0.5, 0.6) is 0 Å². The summed E-state index contributed by atoms with van der Waals surface area (Å²) in [5.41, 5.74) is 2.51. The van der Waals surface area contributed by atoms with Crippen molar-refractivity contribution < 1.29 is 27.9 Å². The number of alkyl carbamates (subject to hydrolysis) is 1. The minimum Gasteiger partial charge on any atom is -0.453 e. The topological polar surface area (TPSA) is 93.5 Å². The van der Waals surface area contributed by atoms with Crippen molar-refractivity contribution in [2.75, 3.05) is 13.7 Å². The Morgan fingerprint density at radius 2 is 1.71 bits per heavy atom. The van der Waals surface area contributed by atoms with Crippen LogP contribution in [0.15, 0.2) is 71.3 Å². The molecule has 2 aliphatic carbocycles. The molecule has 4 aromatic rings. The van der Waals surface area contributed by atoms with Crippen LogP contribution in [0.25, 0.3) is 22.4 Å². The van der Waals surface area contributed by atoms with Gasteiger partial charge in [-0.15, -0.1) is 0 Å². The van der Waals surface area contributed by atoms with E-state index in [2.05, 4.69) is 21.2 Å². The number of nitrogens with one attached hydrogen (secondary N) is 1. The lowest BCUT2D eigenvalue weighted by Gasteiger charge is -2.31. The normalized spacial score (nSPS) is 18.8. The molecule has 1 aromatic heterocycles. The Bertz CT molecular complexity index is 1990. The minimum atomic E-state index is -3.25. The van der Waals surface area contributed by atoms with Crippen molar-refractivity contribution in [3.63, 3.8) is 0 Å². The van der Waals surface area contributed by atoms with Crippen molar-refractivity contribution in [3.05, 3.63) is 99.4 Å². The summed E-state index contributed by atoms with van der Waals surface area (Å²) in [5.74, 6) is -3.79. The fourth-order valence-electron chi connectivity index (χ4n) is 7.24. The number of halogens is 3. The number of alkyl halides is 2. The number of nitrogens with zero attached hydrogens (tertiary/aromatic N) is 3. The highest BCUT2D eigenvalue weighted by Crippen LogP contribution is 2.59. The van der Waals surface area contributed by atoms with Gasteiger partial charge in [-0.1, -0.05) is 66.2 Å². The molecule has 2 atom stereocenters. The lowest BCUT2D eigenvalue weighted by molar-refractivity contribution is -0.135. The number of hydrogen-bond acceptors (Lipinski definition) is 5. The minimum absolute atomic E-state index is 0.0793. The first kappa shape index (κ1) is 32.2. The van der Waals surface area contributed by atoms with Crippen molar-refractivity contribution in [1.82, 2.24) is 19.8 Å². The molecule has 1 saturated heterocycles. The highest BCUT2D eigenvalue weighted by Gasteiger charge is 2.56. The summed E-state index contributed by atoms with van der Waals surface area (Å²) in [7, 11) is 1.25. The molecule has 48 heavy (non-hydrogen) atoms. The maximum Gasteiger partial charge on any atom is 0.407 e. The Morgan fingerprint density at radius 1 is 1.02 bits per heavy atom. The van der Waals surface area contributed by atoms with E-state index in [0.717, 1.165) is 18.4 Å². The number of rotatable bonds is 6. The molecule has 0 bridgehead atoms. The Morgan fingerprint density at radius 3 is 2.38 bits per heavy atom. The zero-order valence-electron chi connectivity index (χ0n) is 27.0. The second kappa shape index (κ2) is 11.6. The van der Waals surface area contributed by atoms with E-state index in [1.54, 1.807) is 41.3 Å². The quantitative estimate of drug-likeness (QED) is 0.219. The maximum atomic E-state index is 15.9. The molecule has 2 amide bonds. The van der Waals surface area contributed by atoms with Gasteiger partial charge in [-0.3, -0.25) is 14.2 Å². The van der Waals surface area contributed by atoms with Crippen LogP contribution in [-0.2, 0) is 15.5 Å². The van der Waals surface area contributed by atoms with Gasteiger partial charge in [-0.05, 0) is 78.5 Å². The summed E-state index contributed by atoms with van der Waals surface area (Å²) < 4.78 is 38.7. The molecule has 11 heteroatoms. The predicted molar refractivity (Wildman–Crippen MR) is 180 cm³/mol. The molecule has 1 aliphatic heterocycles. The van der Waals surface area contributed by atoms with Gasteiger partial charge in [0, 0.05) is 33.3 Å². The molecule has 2 heterocycles. The number of aryl methyl sites for hydroxylation is 1. The molecule has 1 saturated carbocycles. The molecule has 1 spiro atoms. The largest absolute Gasteiger partial charge is 0.453 e. The number of imidazole rings is 1. The molecule has 1 unspecified atom stereocenters. The van der Waals surface area contributed by atoms with Crippen LogP contribution in [0, 0.1) is 18.3 Å². The van der Waals surface area contributed by atoms with E-state index < -0.39 is 24.1 Å². The Balaban J connectivity index is 1.36. The number of likely N-dealkylation sites (tertiary alicyclic amines) is 1. The fraction of sp³-hybridized carbons (Fsp3) is 0.351. The molecule has 2 fully saturated rings. The van der Waals surface area contributed by atoms with Gasteiger partial charge in [-0.2, -0.15) is 8.78 Å². The number of carbonyl (C=O) groups is 3. The van der Waals surface area contributed by atoms with E-state index in [4.69, 9.17) is 9.72 Å². The highest BCUT2D eigenvalue weighted by atomic mass is 79.9. The predicted octanol–water partition coefficient (Wildman–Crippen LogP) is 7.86. The van der Waals surface area contributed by atoms with E-state index >= 15 is 8.78 Å². The van der Waals surface area contributed by atoms with Crippen LogP contribution in [0.1, 0.15) is 72.0 Å². The molecule has 7 rings (SSSR count). The monoisotopic (exact) mass is 716 g/mol. The number of aromatic nitrogens is 2. The molecule has 3 aromatic carbocycles. The molecular weight excluding hydrogens is 682 g/mol. The third-order valence-corrected chi connectivity index (χ3v) is 10.6. The van der Waals surface area contributed by atoms with E-state index in [-0.39, 0.29) is 34.3 Å². The summed E-state index contributed by atoms with van der Waals surface area (Å²) in [4.78, 5) is 47.5. The van der Waals surface area contributed by atoms with Crippen molar-refractivity contribution in [1.29, 1.82) is 0 Å². The first-order chi connectivity index (χ1) is 22.8. The van der Waals surface area contributed by atoms with Crippen LogP contribution in [0.2, 0.25) is 0 Å². The number of ether oxygens (including phenoxy) is 1. The number of benzene rings is 3. The van der Waals surface area contributed by atoms with Gasteiger partial charge in [0.2, 0.25) is 5.91 Å². The number of hydrogen-bond donors (Lipinski definition) is 1. The van der Waals surface area contributed by atoms with Gasteiger partial charge in [0.15, 0.2) is 0 Å². The molecule has 3 aliphatic rings. The average Bonchev–Trinajstić information content (AvgIpc) is 3.41. The van der Waals surface area contributed by atoms with Crippen LogP contribution in [-0.4, -0.2) is 52.1 Å². The Labute approximate surface area is 285 Å². The first-order valence-electron chi connectivity index (χ1n) is 16.0. The zero-order valence-corrected chi connectivity index (χ0v) is 28.6. The van der Waals surface area contributed by atoms with Gasteiger partial charge < -0.3 is 15.0 Å². The fourth-order valence-corrected chi connectivity index (χ4v) is 7.60. The van der Waals surface area contributed by atoms with E-state index in [1.165, 1.54) is 30.0 Å².